The molecular weight excluding hydrogens is 518 g/mol. The van der Waals surface area contributed by atoms with Crippen molar-refractivity contribution in [1.29, 1.82) is 0 Å². The van der Waals surface area contributed by atoms with Gasteiger partial charge in [0.1, 0.15) is 12.1 Å². The normalized spacial score (nSPS) is 21.9. The average Bonchev–Trinajstić information content (AvgIpc) is 3.41. The Labute approximate surface area is 248 Å². The second kappa shape index (κ2) is 15.0. The molecule has 0 radical (unpaired) electrons. The second-order valence-corrected chi connectivity index (χ2v) is 13.4. The minimum Gasteiger partial charge on any atom is -0.351 e. The molecule has 9 heteroatoms. The molecule has 2 N–H and O–H groups in total. The topological polar surface area (TPSA) is 102 Å². The molecule has 0 aromatic heterocycles. The van der Waals surface area contributed by atoms with Gasteiger partial charge in [-0.25, -0.2) is 0 Å². The predicted molar refractivity (Wildman–Crippen MR) is 164 cm³/mol. The number of carbonyl (C=O) groups excluding carboxylic acids is 4. The van der Waals surface area contributed by atoms with Crippen LogP contribution in [-0.4, -0.2) is 95.2 Å². The van der Waals surface area contributed by atoms with E-state index in [1.54, 1.807) is 29.8 Å². The molecule has 0 unspecified atom stereocenters. The van der Waals surface area contributed by atoms with Gasteiger partial charge in [-0.3, -0.25) is 24.1 Å². The van der Waals surface area contributed by atoms with Crippen molar-refractivity contribution in [2.75, 3.05) is 26.7 Å². The van der Waals surface area contributed by atoms with Crippen LogP contribution in [0.15, 0.2) is 24.3 Å². The molecule has 0 aromatic rings. The molecule has 0 aromatic carbocycles. The van der Waals surface area contributed by atoms with Crippen LogP contribution in [0.3, 0.4) is 0 Å². The summed E-state index contributed by atoms with van der Waals surface area (Å²) >= 11 is 0. The largest absolute Gasteiger partial charge is 0.351 e. The van der Waals surface area contributed by atoms with Gasteiger partial charge in [0, 0.05) is 31.8 Å². The number of nitrogens with zero attached hydrogens (tertiary/aromatic N) is 3. The van der Waals surface area contributed by atoms with E-state index in [1.165, 1.54) is 0 Å². The number of amides is 4. The molecule has 2 aliphatic rings. The number of likely N-dealkylation sites (tertiary alicyclic amines) is 2. The Kier molecular flexibility index (Phi) is 12.6. The van der Waals surface area contributed by atoms with Crippen LogP contribution in [0.4, 0.5) is 0 Å². The molecule has 41 heavy (non-hydrogen) atoms. The lowest BCUT2D eigenvalue weighted by molar-refractivity contribution is -0.142. The van der Waals surface area contributed by atoms with E-state index in [2.05, 4.69) is 36.0 Å². The van der Waals surface area contributed by atoms with Gasteiger partial charge in [0.15, 0.2) is 0 Å². The monoisotopic (exact) mass is 573 g/mol. The lowest BCUT2D eigenvalue weighted by atomic mass is 9.84. The summed E-state index contributed by atoms with van der Waals surface area (Å²) in [5.74, 6) is -0.634. The molecule has 2 saturated heterocycles. The summed E-state index contributed by atoms with van der Waals surface area (Å²) in [5.41, 5.74) is -0.0198. The minimum atomic E-state index is -0.724. The summed E-state index contributed by atoms with van der Waals surface area (Å²) in [6.07, 6.45) is 7.70. The highest BCUT2D eigenvalue weighted by Crippen LogP contribution is 2.26. The summed E-state index contributed by atoms with van der Waals surface area (Å²) in [4.78, 5) is 59.2. The van der Waals surface area contributed by atoms with Crippen LogP contribution in [0.5, 0.6) is 0 Å². The van der Waals surface area contributed by atoms with Crippen LogP contribution in [-0.2, 0) is 19.2 Å². The maximum atomic E-state index is 14.0. The van der Waals surface area contributed by atoms with Crippen molar-refractivity contribution >= 4 is 23.6 Å². The molecule has 0 spiro atoms. The fourth-order valence-corrected chi connectivity index (χ4v) is 5.97. The highest BCUT2D eigenvalue weighted by atomic mass is 16.2. The first-order valence-electron chi connectivity index (χ1n) is 15.3. The molecule has 9 nitrogen and oxygen atoms in total. The van der Waals surface area contributed by atoms with Crippen molar-refractivity contribution < 1.29 is 19.2 Å². The molecule has 4 amide bonds. The molecule has 2 fully saturated rings. The van der Waals surface area contributed by atoms with E-state index in [1.807, 2.05) is 40.7 Å². The Morgan fingerprint density at radius 2 is 1.61 bits per heavy atom. The van der Waals surface area contributed by atoms with Crippen molar-refractivity contribution in [2.45, 2.75) is 118 Å². The van der Waals surface area contributed by atoms with E-state index in [-0.39, 0.29) is 47.7 Å². The van der Waals surface area contributed by atoms with E-state index >= 15 is 0 Å². The lowest BCUT2D eigenvalue weighted by Crippen LogP contribution is -2.60. The van der Waals surface area contributed by atoms with Gasteiger partial charge in [0.2, 0.25) is 23.6 Å². The van der Waals surface area contributed by atoms with Gasteiger partial charge in [-0.1, -0.05) is 53.2 Å². The number of rotatable bonds is 11. The fourth-order valence-electron chi connectivity index (χ4n) is 5.97. The van der Waals surface area contributed by atoms with E-state index in [0.29, 0.717) is 25.1 Å². The fraction of sp³-hybridized carbons (Fsp3) is 0.750. The molecule has 2 aliphatic heterocycles. The highest BCUT2D eigenvalue weighted by Gasteiger charge is 2.40. The van der Waals surface area contributed by atoms with Gasteiger partial charge in [0.05, 0.1) is 12.1 Å². The zero-order valence-corrected chi connectivity index (χ0v) is 27.0. The molecule has 0 bridgehead atoms. The molecular formula is C32H55N5O4. The quantitative estimate of drug-likeness (QED) is 0.291. The minimum absolute atomic E-state index is 0.0167. The van der Waals surface area contributed by atoms with Crippen LogP contribution in [0.25, 0.3) is 0 Å². The van der Waals surface area contributed by atoms with Crippen molar-refractivity contribution in [3.63, 3.8) is 0 Å². The van der Waals surface area contributed by atoms with E-state index < -0.39 is 17.5 Å². The van der Waals surface area contributed by atoms with Crippen molar-refractivity contribution in [2.24, 2.45) is 11.3 Å². The van der Waals surface area contributed by atoms with E-state index in [0.717, 1.165) is 32.2 Å². The summed E-state index contributed by atoms with van der Waals surface area (Å²) in [5, 5.41) is 5.93. The summed E-state index contributed by atoms with van der Waals surface area (Å²) in [6.45, 7) is 21.3. The van der Waals surface area contributed by atoms with Crippen LogP contribution in [0, 0.1) is 11.3 Å². The molecule has 232 valence electrons. The maximum absolute atomic E-state index is 14.0. The first-order valence-corrected chi connectivity index (χ1v) is 15.3. The van der Waals surface area contributed by atoms with Crippen LogP contribution < -0.4 is 10.6 Å². The maximum Gasteiger partial charge on any atom is 0.249 e. The standard InChI is InChI=1S/C32H55N5O4/c1-11-17-33-28(38)24-16-14-19-37(24)30(40)23(6)20-26(21(2)3)35(10)31(41)27(32(7,8)9)34-29(39)25-15-12-13-18-36(25)22(4)5/h11,20-22,24-27H,1,12-19H2,2-10H3,(H,33,38)(H,34,39)/t24-,25+,26+,27+/m0/s1. The van der Waals surface area contributed by atoms with Gasteiger partial charge < -0.3 is 20.4 Å². The molecule has 0 aliphatic carbocycles. The van der Waals surface area contributed by atoms with Crippen LogP contribution in [0.1, 0.15) is 87.5 Å². The summed E-state index contributed by atoms with van der Waals surface area (Å²) in [6, 6.07) is -1.60. The Balaban J connectivity index is 2.26. The Morgan fingerprint density at radius 3 is 2.17 bits per heavy atom. The van der Waals surface area contributed by atoms with E-state index in [4.69, 9.17) is 0 Å². The van der Waals surface area contributed by atoms with E-state index in [9.17, 15) is 19.2 Å². The predicted octanol–water partition coefficient (Wildman–Crippen LogP) is 3.50. The summed E-state index contributed by atoms with van der Waals surface area (Å²) < 4.78 is 0. The molecule has 2 heterocycles. The number of piperidine rings is 1. The van der Waals surface area contributed by atoms with Gasteiger partial charge >= 0.3 is 0 Å². The summed E-state index contributed by atoms with van der Waals surface area (Å²) in [7, 11) is 1.74. The smallest absolute Gasteiger partial charge is 0.249 e. The first kappa shape index (κ1) is 34.5. The number of likely N-dealkylation sites (N-methyl/N-ethyl adjacent to an activating group) is 1. The third kappa shape index (κ3) is 8.90. The number of hydrogen-bond acceptors (Lipinski definition) is 5. The van der Waals surface area contributed by atoms with Gasteiger partial charge in [-0.05, 0) is 64.3 Å². The zero-order valence-electron chi connectivity index (χ0n) is 27.0. The third-order valence-electron chi connectivity index (χ3n) is 8.38. The second-order valence-electron chi connectivity index (χ2n) is 13.4. The number of nitrogens with one attached hydrogen (secondary N) is 2. The molecule has 0 saturated carbocycles. The molecule has 2 rings (SSSR count). The highest BCUT2D eigenvalue weighted by molar-refractivity contribution is 5.97. The first-order chi connectivity index (χ1) is 19.1. The Morgan fingerprint density at radius 1 is 0.976 bits per heavy atom. The van der Waals surface area contributed by atoms with Crippen molar-refractivity contribution in [3.05, 3.63) is 24.3 Å². The van der Waals surface area contributed by atoms with Gasteiger partial charge in [0.25, 0.3) is 0 Å². The lowest BCUT2D eigenvalue weighted by Gasteiger charge is -2.41. The molecule has 4 atom stereocenters. The number of carbonyl (C=O) groups is 4. The third-order valence-corrected chi connectivity index (χ3v) is 8.38. The Hall–Kier alpha value is -2.68. The van der Waals surface area contributed by atoms with Crippen LogP contribution >= 0.6 is 0 Å². The van der Waals surface area contributed by atoms with Crippen LogP contribution in [0.2, 0.25) is 0 Å². The average molecular weight is 574 g/mol. The van der Waals surface area contributed by atoms with Crippen molar-refractivity contribution in [1.82, 2.24) is 25.3 Å². The van der Waals surface area contributed by atoms with Crippen molar-refractivity contribution in [3.8, 4) is 0 Å². The zero-order chi connectivity index (χ0) is 31.1. The van der Waals surface area contributed by atoms with Gasteiger partial charge in [-0.15, -0.1) is 6.58 Å². The SMILES string of the molecule is C=CCNC(=O)[C@@H]1CCCN1C(=O)C(C)=C[C@H](C(C)C)N(C)C(=O)[C@@H](NC(=O)[C@H]1CCCCN1C(C)C)C(C)(C)C. The Bertz CT molecular complexity index is 983. The number of hydrogen-bond donors (Lipinski definition) is 2. The van der Waals surface area contributed by atoms with Gasteiger partial charge in [-0.2, -0.15) is 0 Å².